The molecule has 2 atom stereocenters. The molecule has 8 heteroatoms. The number of carboxylic acid groups (broad SMARTS) is 1. The maximum absolute atomic E-state index is 10.8. The quantitative estimate of drug-likeness (QED) is 0.411. The highest BCUT2D eigenvalue weighted by molar-refractivity contribution is 5.65. The smallest absolute Gasteiger partial charge is 0.407 e. The second-order valence-electron chi connectivity index (χ2n) is 3.41. The minimum absolute atomic E-state index is 0.127. The first kappa shape index (κ1) is 12.6. The van der Waals surface area contributed by atoms with Crippen LogP contribution in [0.4, 0.5) is 4.79 Å². The molecule has 0 aromatic heterocycles. The Hall–Kier alpha value is -1.50. The molecular formula is C8H15N4O4+. The van der Waals surface area contributed by atoms with Gasteiger partial charge in [0.05, 0.1) is 12.6 Å². The SMILES string of the molecule is COCOC1CCN(C(=O)O)CC1N=[N+]=N. The third-order valence-corrected chi connectivity index (χ3v) is 2.40. The van der Waals surface area contributed by atoms with Crippen molar-refractivity contribution < 1.29 is 19.4 Å². The average Bonchev–Trinajstić information content (AvgIpc) is 2.27. The molecular weight excluding hydrogens is 216 g/mol. The Kier molecular flexibility index (Phi) is 4.84. The zero-order valence-corrected chi connectivity index (χ0v) is 9.00. The van der Waals surface area contributed by atoms with Gasteiger partial charge in [0, 0.05) is 13.7 Å². The molecule has 90 valence electrons. The Bertz CT molecular complexity index is 292. The molecule has 0 aromatic rings. The number of hydrogen-bond donors (Lipinski definition) is 2. The van der Waals surface area contributed by atoms with Gasteiger partial charge in [-0.15, -0.1) is 0 Å². The molecule has 0 bridgehead atoms. The highest BCUT2D eigenvalue weighted by Gasteiger charge is 2.35. The molecule has 2 N–H and O–H groups in total. The van der Waals surface area contributed by atoms with E-state index in [4.69, 9.17) is 20.1 Å². The number of amides is 1. The lowest BCUT2D eigenvalue weighted by Gasteiger charge is -2.31. The number of likely N-dealkylation sites (tertiary alicyclic amines) is 1. The van der Waals surface area contributed by atoms with Gasteiger partial charge >= 0.3 is 6.09 Å². The summed E-state index contributed by atoms with van der Waals surface area (Å²) < 4.78 is 10.1. The standard InChI is InChI=1S/C8H14N4O4/c1-15-5-16-7-2-3-12(8(13)14)4-6(7)10-11-9/h6-7,9H,2-5H2,1H3/p+1. The minimum Gasteiger partial charge on any atom is -0.465 e. The summed E-state index contributed by atoms with van der Waals surface area (Å²) in [5.41, 5.74) is 6.68. The summed E-state index contributed by atoms with van der Waals surface area (Å²) in [6.07, 6.45) is -0.709. The first-order valence-corrected chi connectivity index (χ1v) is 4.84. The predicted octanol–water partition coefficient (Wildman–Crippen LogP) is 0.278. The van der Waals surface area contributed by atoms with Gasteiger partial charge in [-0.25, -0.2) is 4.79 Å². The van der Waals surface area contributed by atoms with Crippen molar-refractivity contribution >= 4 is 6.09 Å². The van der Waals surface area contributed by atoms with Crippen LogP contribution in [0.1, 0.15) is 6.42 Å². The van der Waals surface area contributed by atoms with Crippen molar-refractivity contribution in [1.82, 2.24) is 9.81 Å². The average molecular weight is 231 g/mol. The Morgan fingerprint density at radius 3 is 3.06 bits per heavy atom. The van der Waals surface area contributed by atoms with E-state index in [1.54, 1.807) is 0 Å². The van der Waals surface area contributed by atoms with Gasteiger partial charge < -0.3 is 19.5 Å². The molecule has 0 saturated carbocycles. The van der Waals surface area contributed by atoms with Gasteiger partial charge in [0.15, 0.2) is 6.04 Å². The minimum atomic E-state index is -0.990. The zero-order valence-electron chi connectivity index (χ0n) is 9.00. The number of nitrogens with zero attached hydrogens (tertiary/aromatic N) is 3. The number of nitrogens with one attached hydrogen (secondary N) is 1. The van der Waals surface area contributed by atoms with Crippen LogP contribution < -0.4 is 4.91 Å². The van der Waals surface area contributed by atoms with E-state index in [1.165, 1.54) is 12.0 Å². The van der Waals surface area contributed by atoms with Gasteiger partial charge in [-0.05, 0) is 6.42 Å². The van der Waals surface area contributed by atoms with Crippen LogP contribution in [0.25, 0.3) is 0 Å². The molecule has 1 rings (SSSR count). The summed E-state index contributed by atoms with van der Waals surface area (Å²) >= 11 is 0. The summed E-state index contributed by atoms with van der Waals surface area (Å²) in [5, 5.41) is 12.5. The Morgan fingerprint density at radius 2 is 2.50 bits per heavy atom. The van der Waals surface area contributed by atoms with E-state index in [0.29, 0.717) is 13.0 Å². The molecule has 1 amide bonds. The summed E-state index contributed by atoms with van der Waals surface area (Å²) in [6.45, 7) is 0.724. The molecule has 1 heterocycles. The van der Waals surface area contributed by atoms with Crippen LogP contribution in [0.2, 0.25) is 0 Å². The molecule has 0 radical (unpaired) electrons. The topological polar surface area (TPSA) is 109 Å². The summed E-state index contributed by atoms with van der Waals surface area (Å²) in [7, 11) is 1.51. The van der Waals surface area contributed by atoms with Crippen molar-refractivity contribution in [1.29, 1.82) is 5.53 Å². The summed E-state index contributed by atoms with van der Waals surface area (Å²) in [4.78, 5) is 15.0. The van der Waals surface area contributed by atoms with Crippen LogP contribution in [0, 0.1) is 5.53 Å². The van der Waals surface area contributed by atoms with Gasteiger partial charge in [0.2, 0.25) is 4.91 Å². The van der Waals surface area contributed by atoms with Crippen LogP contribution >= 0.6 is 0 Å². The maximum atomic E-state index is 10.8. The first-order chi connectivity index (χ1) is 7.69. The van der Waals surface area contributed by atoms with Crippen molar-refractivity contribution in [3.8, 4) is 0 Å². The number of hydrogen-bond acceptors (Lipinski definition) is 5. The molecule has 16 heavy (non-hydrogen) atoms. The number of piperidine rings is 1. The lowest BCUT2D eigenvalue weighted by atomic mass is 10.0. The second-order valence-corrected chi connectivity index (χ2v) is 3.41. The van der Waals surface area contributed by atoms with Gasteiger partial charge in [0.1, 0.15) is 17.4 Å². The predicted molar refractivity (Wildman–Crippen MR) is 52.0 cm³/mol. The van der Waals surface area contributed by atoms with Gasteiger partial charge in [-0.1, -0.05) is 0 Å². The van der Waals surface area contributed by atoms with Crippen LogP contribution in [-0.4, -0.2) is 55.2 Å². The largest absolute Gasteiger partial charge is 0.465 e. The van der Waals surface area contributed by atoms with E-state index in [2.05, 4.69) is 10.0 Å². The molecule has 0 aromatic carbocycles. The number of ether oxygens (including phenoxy) is 2. The van der Waals surface area contributed by atoms with Crippen LogP contribution in [0.3, 0.4) is 0 Å². The van der Waals surface area contributed by atoms with E-state index < -0.39 is 12.1 Å². The summed E-state index contributed by atoms with van der Waals surface area (Å²) in [6, 6.07) is -0.433. The monoisotopic (exact) mass is 231 g/mol. The highest BCUT2D eigenvalue weighted by atomic mass is 16.7. The molecule has 0 aliphatic carbocycles. The van der Waals surface area contributed by atoms with Gasteiger partial charge in [-0.3, -0.25) is 0 Å². The van der Waals surface area contributed by atoms with E-state index in [9.17, 15) is 4.79 Å². The fourth-order valence-corrected chi connectivity index (χ4v) is 1.62. The van der Waals surface area contributed by atoms with E-state index in [-0.39, 0.29) is 19.4 Å². The van der Waals surface area contributed by atoms with Crippen LogP contribution in [0.15, 0.2) is 5.11 Å². The fourth-order valence-electron chi connectivity index (χ4n) is 1.62. The number of carbonyl (C=O) groups is 1. The van der Waals surface area contributed by atoms with E-state index >= 15 is 0 Å². The van der Waals surface area contributed by atoms with Crippen LogP contribution in [0.5, 0.6) is 0 Å². The fraction of sp³-hybridized carbons (Fsp3) is 0.875. The summed E-state index contributed by atoms with van der Waals surface area (Å²) in [5.74, 6) is 0. The van der Waals surface area contributed by atoms with Crippen molar-refractivity contribution in [3.05, 3.63) is 0 Å². The van der Waals surface area contributed by atoms with E-state index in [0.717, 1.165) is 0 Å². The maximum Gasteiger partial charge on any atom is 0.407 e. The molecule has 1 aliphatic rings. The van der Waals surface area contributed by atoms with Crippen molar-refractivity contribution in [2.24, 2.45) is 5.11 Å². The number of methoxy groups -OCH3 is 1. The van der Waals surface area contributed by atoms with Crippen molar-refractivity contribution in [3.63, 3.8) is 0 Å². The lowest BCUT2D eigenvalue weighted by molar-refractivity contribution is -0.0941. The lowest BCUT2D eigenvalue weighted by Crippen LogP contribution is -2.49. The molecule has 0 spiro atoms. The zero-order chi connectivity index (χ0) is 12.0. The molecule has 1 aliphatic heterocycles. The third-order valence-electron chi connectivity index (χ3n) is 2.40. The first-order valence-electron chi connectivity index (χ1n) is 4.84. The molecule has 1 saturated heterocycles. The second kappa shape index (κ2) is 6.16. The van der Waals surface area contributed by atoms with Crippen molar-refractivity contribution in [2.45, 2.75) is 18.6 Å². The van der Waals surface area contributed by atoms with Crippen LogP contribution in [-0.2, 0) is 9.47 Å². The Balaban J connectivity index is 2.59. The Labute approximate surface area is 92.4 Å². The molecule has 2 unspecified atom stereocenters. The molecule has 1 fully saturated rings. The van der Waals surface area contributed by atoms with E-state index in [1.807, 2.05) is 0 Å². The van der Waals surface area contributed by atoms with Gasteiger partial charge in [0.25, 0.3) is 0 Å². The number of rotatable bonds is 4. The van der Waals surface area contributed by atoms with Gasteiger partial charge in [-0.2, -0.15) is 0 Å². The third kappa shape index (κ3) is 3.27. The highest BCUT2D eigenvalue weighted by Crippen LogP contribution is 2.17. The normalized spacial score (nSPS) is 24.9. The van der Waals surface area contributed by atoms with Crippen molar-refractivity contribution in [2.75, 3.05) is 27.0 Å². The molecule has 8 nitrogen and oxygen atoms in total. The Morgan fingerprint density at radius 1 is 1.75 bits per heavy atom.